The van der Waals surface area contributed by atoms with Crippen molar-refractivity contribution < 1.29 is 47.5 Å². The molecule has 11 heteroatoms. The van der Waals surface area contributed by atoms with E-state index in [0.29, 0.717) is 52.5 Å². The molecule has 0 aromatic heterocycles. The van der Waals surface area contributed by atoms with Crippen molar-refractivity contribution in [1.82, 2.24) is 5.06 Å². The van der Waals surface area contributed by atoms with E-state index in [1.54, 1.807) is 7.11 Å². The molecule has 0 amide bonds. The standard InChI is InChI=1S/C57H63NO10/c1-58-48(52-53(63-38-45-27-15-6-16-28-45)54(64-39-46-29-17-7-18-30-46)55(56(59-2)66-52)65-40-47-31-19-8-20-32-47)34-57(68-58)51(62-37-44-25-13-5-14-26-44)33-49(61-36-43-23-11-4-12-24-43)50(67-57)41-60-35-42-21-9-3-10-22-42/h3-32,48-56H,33-41H2,1-2H3/t48-,49?,50?,51?,52?,53?,54?,55?,56?,57?/m1/s1. The highest BCUT2D eigenvalue weighted by atomic mass is 16.8. The second-order valence-corrected chi connectivity index (χ2v) is 17.7. The molecular weight excluding hydrogens is 859 g/mol. The molecule has 9 unspecified atom stereocenters. The van der Waals surface area contributed by atoms with Gasteiger partial charge in [-0.2, -0.15) is 5.06 Å². The van der Waals surface area contributed by atoms with Gasteiger partial charge >= 0.3 is 0 Å². The number of benzene rings is 6. The van der Waals surface area contributed by atoms with Crippen molar-refractivity contribution in [3.63, 3.8) is 0 Å². The van der Waals surface area contributed by atoms with Crippen molar-refractivity contribution in [3.8, 4) is 0 Å². The van der Waals surface area contributed by atoms with E-state index in [-0.39, 0.29) is 12.7 Å². The SMILES string of the molecule is COC1OC([C@H]2CC3(OC(COCc4ccccc4)C(OCc4ccccc4)CC3OCc3ccccc3)ON2C)C(OCc2ccccc2)C(OCc2ccccc2)C1OCc1ccccc1. The van der Waals surface area contributed by atoms with Gasteiger partial charge in [-0.15, -0.1) is 0 Å². The molecule has 3 fully saturated rings. The summed E-state index contributed by atoms with van der Waals surface area (Å²) in [5.41, 5.74) is 6.22. The maximum Gasteiger partial charge on any atom is 0.216 e. The van der Waals surface area contributed by atoms with Crippen molar-refractivity contribution in [2.45, 2.75) is 113 Å². The highest BCUT2D eigenvalue weighted by Gasteiger charge is 2.62. The van der Waals surface area contributed by atoms with E-state index in [2.05, 4.69) is 60.7 Å². The number of likely N-dealkylation sites (N-methyl/N-ethyl adjacent to an activating group) is 1. The molecule has 3 aliphatic rings. The van der Waals surface area contributed by atoms with Crippen LogP contribution in [-0.4, -0.2) is 86.7 Å². The molecule has 0 radical (unpaired) electrons. The molecule has 0 saturated carbocycles. The van der Waals surface area contributed by atoms with E-state index in [1.165, 1.54) is 0 Å². The lowest BCUT2D eigenvalue weighted by Crippen LogP contribution is -2.64. The molecule has 3 saturated heterocycles. The number of hydrogen-bond acceptors (Lipinski definition) is 11. The van der Waals surface area contributed by atoms with Gasteiger partial charge < -0.3 is 42.6 Å². The molecule has 0 bridgehead atoms. The smallest absolute Gasteiger partial charge is 0.216 e. The van der Waals surface area contributed by atoms with Crippen LogP contribution in [-0.2, 0) is 87.1 Å². The van der Waals surface area contributed by atoms with Crippen molar-refractivity contribution in [2.24, 2.45) is 0 Å². The summed E-state index contributed by atoms with van der Waals surface area (Å²) in [6.45, 7) is 2.38. The molecule has 11 nitrogen and oxygen atoms in total. The Morgan fingerprint density at radius 2 is 0.912 bits per heavy atom. The first-order valence-corrected chi connectivity index (χ1v) is 23.7. The minimum absolute atomic E-state index is 0.267. The third kappa shape index (κ3) is 12.4. The first-order valence-electron chi connectivity index (χ1n) is 23.7. The van der Waals surface area contributed by atoms with Gasteiger partial charge in [0.25, 0.3) is 0 Å². The van der Waals surface area contributed by atoms with Crippen LogP contribution in [0.4, 0.5) is 0 Å². The summed E-state index contributed by atoms with van der Waals surface area (Å²) < 4.78 is 61.5. The number of ether oxygens (including phenoxy) is 9. The van der Waals surface area contributed by atoms with Crippen molar-refractivity contribution in [1.29, 1.82) is 0 Å². The minimum Gasteiger partial charge on any atom is -0.374 e. The summed E-state index contributed by atoms with van der Waals surface area (Å²) >= 11 is 0. The fourth-order valence-corrected chi connectivity index (χ4v) is 9.42. The monoisotopic (exact) mass is 921 g/mol. The summed E-state index contributed by atoms with van der Waals surface area (Å²) in [6.07, 6.45) is -4.03. The van der Waals surface area contributed by atoms with Crippen LogP contribution in [0.1, 0.15) is 46.2 Å². The fraction of sp³-hybridized carbons (Fsp3) is 0.368. The first kappa shape index (κ1) is 47.9. The quantitative estimate of drug-likeness (QED) is 0.0691. The van der Waals surface area contributed by atoms with Gasteiger partial charge in [0.15, 0.2) is 6.29 Å². The van der Waals surface area contributed by atoms with Gasteiger partial charge in [0.2, 0.25) is 5.79 Å². The van der Waals surface area contributed by atoms with Gasteiger partial charge in [-0.05, 0) is 33.4 Å². The molecule has 9 rings (SSSR count). The number of rotatable bonds is 21. The zero-order chi connectivity index (χ0) is 46.4. The van der Waals surface area contributed by atoms with Gasteiger partial charge in [0.05, 0.1) is 58.4 Å². The third-order valence-corrected chi connectivity index (χ3v) is 13.0. The number of nitrogens with zero attached hydrogens (tertiary/aromatic N) is 1. The Labute approximate surface area is 400 Å². The van der Waals surface area contributed by atoms with Crippen LogP contribution in [0.25, 0.3) is 0 Å². The van der Waals surface area contributed by atoms with Crippen molar-refractivity contribution in [2.75, 3.05) is 20.8 Å². The Bertz CT molecular complexity index is 2350. The van der Waals surface area contributed by atoms with Crippen LogP contribution in [0.15, 0.2) is 182 Å². The summed E-state index contributed by atoms with van der Waals surface area (Å²) in [5, 5.41) is 1.85. The topological polar surface area (TPSA) is 95.5 Å². The average Bonchev–Trinajstić information content (AvgIpc) is 3.72. The Kier molecular flexibility index (Phi) is 16.9. The average molecular weight is 922 g/mol. The van der Waals surface area contributed by atoms with Crippen LogP contribution in [0.2, 0.25) is 0 Å². The van der Waals surface area contributed by atoms with Gasteiger partial charge in [-0.1, -0.05) is 182 Å². The molecule has 68 heavy (non-hydrogen) atoms. The maximum atomic E-state index is 7.30. The van der Waals surface area contributed by atoms with Gasteiger partial charge in [-0.25, -0.2) is 0 Å². The zero-order valence-electron chi connectivity index (χ0n) is 38.9. The van der Waals surface area contributed by atoms with E-state index in [0.717, 1.165) is 33.4 Å². The third-order valence-electron chi connectivity index (χ3n) is 13.0. The van der Waals surface area contributed by atoms with Crippen LogP contribution >= 0.6 is 0 Å². The minimum atomic E-state index is -1.27. The molecule has 356 valence electrons. The molecule has 3 heterocycles. The van der Waals surface area contributed by atoms with E-state index in [4.69, 9.17) is 47.5 Å². The first-order chi connectivity index (χ1) is 33.5. The Morgan fingerprint density at radius 1 is 0.500 bits per heavy atom. The number of hydroxylamine groups is 2. The van der Waals surface area contributed by atoms with E-state index in [1.807, 2.05) is 133 Å². The molecule has 3 aliphatic heterocycles. The van der Waals surface area contributed by atoms with Crippen LogP contribution in [0.5, 0.6) is 0 Å². The second-order valence-electron chi connectivity index (χ2n) is 17.7. The van der Waals surface area contributed by atoms with Gasteiger partial charge in [0, 0.05) is 27.0 Å². The van der Waals surface area contributed by atoms with Gasteiger partial charge in [-0.3, -0.25) is 4.84 Å². The zero-order valence-corrected chi connectivity index (χ0v) is 38.9. The summed E-state index contributed by atoms with van der Waals surface area (Å²) in [5.74, 6) is -1.27. The van der Waals surface area contributed by atoms with Crippen LogP contribution in [0, 0.1) is 0 Å². The summed E-state index contributed by atoms with van der Waals surface area (Å²) in [6, 6.07) is 60.4. The lowest BCUT2D eigenvalue weighted by Gasteiger charge is -2.48. The van der Waals surface area contributed by atoms with Crippen molar-refractivity contribution >= 4 is 0 Å². The molecule has 1 spiro atoms. The highest BCUT2D eigenvalue weighted by molar-refractivity contribution is 5.18. The molecule has 0 N–H and O–H groups in total. The molecular formula is C57H63NO10. The lowest BCUT2D eigenvalue weighted by molar-refractivity contribution is -0.385. The van der Waals surface area contributed by atoms with Gasteiger partial charge in [0.1, 0.15) is 36.6 Å². The normalized spacial score (nSPS) is 27.4. The largest absolute Gasteiger partial charge is 0.374 e. The van der Waals surface area contributed by atoms with E-state index < -0.39 is 54.7 Å². The van der Waals surface area contributed by atoms with Crippen LogP contribution in [0.3, 0.4) is 0 Å². The molecule has 6 aromatic rings. The summed E-state index contributed by atoms with van der Waals surface area (Å²) in [4.78, 5) is 7.07. The number of hydrogen-bond donors (Lipinski definition) is 0. The number of methoxy groups -OCH3 is 1. The predicted octanol–water partition coefficient (Wildman–Crippen LogP) is 9.62. The Balaban J connectivity index is 1.04. The maximum absolute atomic E-state index is 7.30. The van der Waals surface area contributed by atoms with Crippen molar-refractivity contribution in [3.05, 3.63) is 215 Å². The summed E-state index contributed by atoms with van der Waals surface area (Å²) in [7, 11) is 3.57. The lowest BCUT2D eigenvalue weighted by atomic mass is 9.86. The predicted molar refractivity (Wildman–Crippen MR) is 256 cm³/mol. The van der Waals surface area contributed by atoms with E-state index in [9.17, 15) is 0 Å². The highest BCUT2D eigenvalue weighted by Crippen LogP contribution is 2.46. The van der Waals surface area contributed by atoms with E-state index >= 15 is 0 Å². The Morgan fingerprint density at radius 3 is 1.38 bits per heavy atom. The molecule has 6 aromatic carbocycles. The second kappa shape index (κ2) is 23.9. The molecule has 10 atom stereocenters. The molecule has 0 aliphatic carbocycles. The Hall–Kier alpha value is -5.12. The van der Waals surface area contributed by atoms with Crippen LogP contribution < -0.4 is 0 Å². The fourth-order valence-electron chi connectivity index (χ4n) is 9.42.